The van der Waals surface area contributed by atoms with Crippen LogP contribution in [0.2, 0.25) is 0 Å². The highest BCUT2D eigenvalue weighted by Gasteiger charge is 2.52. The first kappa shape index (κ1) is 14.7. The highest BCUT2D eigenvalue weighted by Crippen LogP contribution is 2.36. The maximum Gasteiger partial charge on any atom is 0.497 e. The Labute approximate surface area is 120 Å². The summed E-state index contributed by atoms with van der Waals surface area (Å²) in [5.74, 6) is -0.600. The summed E-state index contributed by atoms with van der Waals surface area (Å²) < 4.78 is 26.4. The number of carbonyl (C=O) groups excluding carboxylic acids is 1. The Morgan fingerprint density at radius 1 is 1.21 bits per heavy atom. The summed E-state index contributed by atoms with van der Waals surface area (Å²) >= 11 is 3.26. The van der Waals surface area contributed by atoms with Gasteiger partial charge in [0, 0.05) is 9.94 Å². The van der Waals surface area contributed by atoms with Crippen LogP contribution in [-0.2, 0) is 9.31 Å². The predicted octanol–water partition coefficient (Wildman–Crippen LogP) is 2.70. The fourth-order valence-electron chi connectivity index (χ4n) is 1.86. The second-order valence-electron chi connectivity index (χ2n) is 5.60. The van der Waals surface area contributed by atoms with Gasteiger partial charge in [0.2, 0.25) is 0 Å². The van der Waals surface area contributed by atoms with Crippen LogP contribution in [0.1, 0.15) is 38.1 Å². The van der Waals surface area contributed by atoms with Gasteiger partial charge in [-0.2, -0.15) is 0 Å². The maximum atomic E-state index is 14.2. The van der Waals surface area contributed by atoms with E-state index in [9.17, 15) is 9.18 Å². The standard InChI is InChI=1S/C13H15BBrFO3/c1-12(2)13(3,4)19-14(18-12)10-6-9(15)5-8(7-17)11(10)16/h5-7H,1-4H3. The lowest BCUT2D eigenvalue weighted by atomic mass is 9.78. The Balaban J connectivity index is 2.45. The molecule has 0 atom stereocenters. The van der Waals surface area contributed by atoms with Gasteiger partial charge in [0.25, 0.3) is 0 Å². The van der Waals surface area contributed by atoms with Crippen LogP contribution < -0.4 is 5.46 Å². The number of hydrogen-bond donors (Lipinski definition) is 0. The van der Waals surface area contributed by atoms with E-state index in [-0.39, 0.29) is 11.0 Å². The lowest BCUT2D eigenvalue weighted by molar-refractivity contribution is 0.00578. The van der Waals surface area contributed by atoms with Crippen molar-refractivity contribution in [1.82, 2.24) is 0 Å². The lowest BCUT2D eigenvalue weighted by Crippen LogP contribution is -2.41. The lowest BCUT2D eigenvalue weighted by Gasteiger charge is -2.32. The van der Waals surface area contributed by atoms with Gasteiger partial charge in [0.1, 0.15) is 5.82 Å². The zero-order valence-electron chi connectivity index (χ0n) is 11.3. The maximum absolute atomic E-state index is 14.2. The first-order valence-corrected chi connectivity index (χ1v) is 6.77. The molecular formula is C13H15BBrFO3. The summed E-state index contributed by atoms with van der Waals surface area (Å²) in [6.45, 7) is 7.57. The van der Waals surface area contributed by atoms with Crippen LogP contribution in [0, 0.1) is 5.82 Å². The van der Waals surface area contributed by atoms with E-state index in [2.05, 4.69) is 15.9 Å². The first-order valence-electron chi connectivity index (χ1n) is 5.98. The number of halogens is 2. The third-order valence-electron chi connectivity index (χ3n) is 3.73. The van der Waals surface area contributed by atoms with E-state index >= 15 is 0 Å². The van der Waals surface area contributed by atoms with Gasteiger partial charge in [-0.3, -0.25) is 4.79 Å². The molecule has 0 bridgehead atoms. The molecule has 1 aliphatic rings. The molecule has 1 aromatic carbocycles. The Hall–Kier alpha value is -0.715. The molecule has 3 nitrogen and oxygen atoms in total. The Morgan fingerprint density at radius 2 is 1.74 bits per heavy atom. The second kappa shape index (κ2) is 4.68. The highest BCUT2D eigenvalue weighted by atomic mass is 79.9. The van der Waals surface area contributed by atoms with Gasteiger partial charge in [-0.1, -0.05) is 15.9 Å². The number of benzene rings is 1. The van der Waals surface area contributed by atoms with E-state index in [0.29, 0.717) is 10.8 Å². The average Bonchev–Trinajstić information content (AvgIpc) is 2.50. The zero-order chi connectivity index (χ0) is 14.4. The van der Waals surface area contributed by atoms with E-state index in [1.807, 2.05) is 27.7 Å². The molecule has 19 heavy (non-hydrogen) atoms. The van der Waals surface area contributed by atoms with Crippen molar-refractivity contribution in [2.24, 2.45) is 0 Å². The number of aldehydes is 1. The third-order valence-corrected chi connectivity index (χ3v) is 4.19. The van der Waals surface area contributed by atoms with E-state index in [0.717, 1.165) is 0 Å². The topological polar surface area (TPSA) is 35.5 Å². The van der Waals surface area contributed by atoms with Crippen LogP contribution in [0.4, 0.5) is 4.39 Å². The summed E-state index contributed by atoms with van der Waals surface area (Å²) in [4.78, 5) is 10.9. The molecule has 1 aromatic rings. The van der Waals surface area contributed by atoms with Crippen LogP contribution in [0.5, 0.6) is 0 Å². The van der Waals surface area contributed by atoms with Crippen molar-refractivity contribution in [3.63, 3.8) is 0 Å². The third kappa shape index (κ3) is 2.49. The monoisotopic (exact) mass is 328 g/mol. The normalized spacial score (nSPS) is 20.6. The molecule has 1 saturated heterocycles. The molecule has 0 aliphatic carbocycles. The molecule has 102 valence electrons. The van der Waals surface area contributed by atoms with Crippen LogP contribution in [0.15, 0.2) is 16.6 Å². The fourth-order valence-corrected chi connectivity index (χ4v) is 2.35. The molecule has 0 saturated carbocycles. The molecule has 0 aromatic heterocycles. The van der Waals surface area contributed by atoms with Crippen LogP contribution in [0.25, 0.3) is 0 Å². The van der Waals surface area contributed by atoms with Gasteiger partial charge in [0.05, 0.1) is 16.8 Å². The molecule has 6 heteroatoms. The van der Waals surface area contributed by atoms with Crippen molar-refractivity contribution in [3.8, 4) is 0 Å². The molecule has 1 aliphatic heterocycles. The molecule has 0 unspecified atom stereocenters. The van der Waals surface area contributed by atoms with Gasteiger partial charge in [-0.15, -0.1) is 0 Å². The van der Waals surface area contributed by atoms with Gasteiger partial charge in [-0.25, -0.2) is 4.39 Å². The summed E-state index contributed by atoms with van der Waals surface area (Å²) in [5.41, 5.74) is -0.879. The van der Waals surface area contributed by atoms with Gasteiger partial charge < -0.3 is 9.31 Å². The Morgan fingerprint density at radius 3 is 2.21 bits per heavy atom. The number of hydrogen-bond acceptors (Lipinski definition) is 3. The SMILES string of the molecule is CC1(C)OB(c2cc(Br)cc(C=O)c2F)OC1(C)C. The highest BCUT2D eigenvalue weighted by molar-refractivity contribution is 9.10. The zero-order valence-corrected chi connectivity index (χ0v) is 12.9. The van der Waals surface area contributed by atoms with Crippen molar-refractivity contribution in [2.75, 3.05) is 0 Å². The van der Waals surface area contributed by atoms with Crippen molar-refractivity contribution in [3.05, 3.63) is 28.0 Å². The summed E-state index contributed by atoms with van der Waals surface area (Å²) in [7, 11) is -0.818. The van der Waals surface area contributed by atoms with Crippen molar-refractivity contribution < 1.29 is 18.5 Å². The van der Waals surface area contributed by atoms with Crippen LogP contribution >= 0.6 is 15.9 Å². The molecular weight excluding hydrogens is 314 g/mol. The molecule has 1 fully saturated rings. The quantitative estimate of drug-likeness (QED) is 0.618. The Kier molecular flexibility index (Phi) is 3.62. The van der Waals surface area contributed by atoms with E-state index < -0.39 is 24.1 Å². The molecule has 0 spiro atoms. The van der Waals surface area contributed by atoms with Crippen LogP contribution in [0.3, 0.4) is 0 Å². The minimum absolute atomic E-state index is 0.0147. The summed E-state index contributed by atoms with van der Waals surface area (Å²) in [6, 6.07) is 3.00. The van der Waals surface area contributed by atoms with Crippen molar-refractivity contribution in [2.45, 2.75) is 38.9 Å². The molecule has 0 radical (unpaired) electrons. The molecule has 0 N–H and O–H groups in total. The Bertz CT molecular complexity index is 515. The fraction of sp³-hybridized carbons (Fsp3) is 0.462. The minimum atomic E-state index is -0.818. The summed E-state index contributed by atoms with van der Waals surface area (Å²) in [5, 5.41) is 0. The van der Waals surface area contributed by atoms with E-state index in [1.54, 1.807) is 6.07 Å². The van der Waals surface area contributed by atoms with E-state index in [1.165, 1.54) is 6.07 Å². The van der Waals surface area contributed by atoms with E-state index in [4.69, 9.17) is 9.31 Å². The minimum Gasteiger partial charge on any atom is -0.399 e. The van der Waals surface area contributed by atoms with Crippen molar-refractivity contribution in [1.29, 1.82) is 0 Å². The van der Waals surface area contributed by atoms with Gasteiger partial charge >= 0.3 is 7.12 Å². The smallest absolute Gasteiger partial charge is 0.399 e. The van der Waals surface area contributed by atoms with Crippen molar-refractivity contribution >= 4 is 34.8 Å². The average molecular weight is 329 g/mol. The second-order valence-corrected chi connectivity index (χ2v) is 6.52. The number of carbonyl (C=O) groups is 1. The predicted molar refractivity (Wildman–Crippen MR) is 75.2 cm³/mol. The van der Waals surface area contributed by atoms with Gasteiger partial charge in [0.15, 0.2) is 6.29 Å². The molecule has 2 rings (SSSR count). The number of rotatable bonds is 2. The molecule has 0 amide bonds. The first-order chi connectivity index (χ1) is 8.68. The largest absolute Gasteiger partial charge is 0.497 e. The molecule has 1 heterocycles. The van der Waals surface area contributed by atoms with Gasteiger partial charge in [-0.05, 0) is 39.8 Å². The van der Waals surface area contributed by atoms with Crippen LogP contribution in [-0.4, -0.2) is 24.6 Å². The summed E-state index contributed by atoms with van der Waals surface area (Å²) in [6.07, 6.45) is 0.481.